The third-order valence-corrected chi connectivity index (χ3v) is 5.16. The Bertz CT molecular complexity index is 589. The van der Waals surface area contributed by atoms with Crippen LogP contribution in [0.3, 0.4) is 0 Å². The van der Waals surface area contributed by atoms with Gasteiger partial charge in [0, 0.05) is 25.4 Å². The van der Waals surface area contributed by atoms with E-state index in [-0.39, 0.29) is 12.5 Å². The van der Waals surface area contributed by atoms with E-state index in [0.717, 1.165) is 23.4 Å². The summed E-state index contributed by atoms with van der Waals surface area (Å²) < 4.78 is 1.17. The van der Waals surface area contributed by atoms with Gasteiger partial charge in [0.05, 0.1) is 21.8 Å². The number of aliphatic hydroxyl groups is 1. The quantitative estimate of drug-likeness (QED) is 0.892. The van der Waals surface area contributed by atoms with E-state index in [1.165, 1.54) is 11.1 Å². The van der Waals surface area contributed by atoms with Gasteiger partial charge < -0.3 is 10.0 Å². The number of aryl methyl sites for hydroxylation is 1. The fourth-order valence-electron chi connectivity index (χ4n) is 2.70. The van der Waals surface area contributed by atoms with Crippen LogP contribution in [-0.4, -0.2) is 40.1 Å². The Morgan fingerprint density at radius 3 is 2.86 bits per heavy atom. The van der Waals surface area contributed by atoms with Crippen LogP contribution in [0, 0.1) is 0 Å². The van der Waals surface area contributed by atoms with E-state index >= 15 is 0 Å². The number of benzene rings is 1. The molecule has 0 atom stereocenters. The molecule has 5 heteroatoms. The van der Waals surface area contributed by atoms with Crippen molar-refractivity contribution in [3.05, 3.63) is 29.3 Å². The Hall–Kier alpha value is -1.46. The van der Waals surface area contributed by atoms with E-state index in [4.69, 9.17) is 5.11 Å². The molecule has 0 aliphatic heterocycles. The summed E-state index contributed by atoms with van der Waals surface area (Å²) in [7, 11) is 0. The minimum absolute atomic E-state index is 0.0450. The molecule has 2 aromatic rings. The Morgan fingerprint density at radius 1 is 1.38 bits per heavy atom. The molecule has 0 bridgehead atoms. The van der Waals surface area contributed by atoms with Gasteiger partial charge in [0.15, 0.2) is 0 Å². The molecular weight excluding hydrogens is 284 g/mol. The SMILES string of the molecule is O=C(CCc1nc2ccccc2s1)N(CCO)C1CCC1. The zero-order valence-corrected chi connectivity index (χ0v) is 12.8. The van der Waals surface area contributed by atoms with Gasteiger partial charge in [0.1, 0.15) is 0 Å². The van der Waals surface area contributed by atoms with Crippen molar-refractivity contribution < 1.29 is 9.90 Å². The number of para-hydroxylation sites is 1. The van der Waals surface area contributed by atoms with Gasteiger partial charge in [0.25, 0.3) is 0 Å². The molecule has 1 aromatic carbocycles. The predicted octanol–water partition coefficient (Wildman–Crippen LogP) is 2.60. The van der Waals surface area contributed by atoms with Gasteiger partial charge in [-0.1, -0.05) is 12.1 Å². The summed E-state index contributed by atoms with van der Waals surface area (Å²) in [5.41, 5.74) is 1.01. The molecule has 4 nitrogen and oxygen atoms in total. The lowest BCUT2D eigenvalue weighted by Gasteiger charge is -2.37. The van der Waals surface area contributed by atoms with Crippen LogP contribution in [-0.2, 0) is 11.2 Å². The second-order valence-electron chi connectivity index (χ2n) is 5.47. The fraction of sp³-hybridized carbons (Fsp3) is 0.500. The standard InChI is InChI=1S/C16H20N2O2S/c19-11-10-18(12-4-3-5-12)16(20)9-8-15-17-13-6-1-2-7-14(13)21-15/h1-2,6-7,12,19H,3-5,8-11H2. The summed E-state index contributed by atoms with van der Waals surface area (Å²) in [6, 6.07) is 8.40. The van der Waals surface area contributed by atoms with E-state index in [1.807, 2.05) is 23.1 Å². The zero-order valence-electron chi connectivity index (χ0n) is 12.0. The van der Waals surface area contributed by atoms with Crippen molar-refractivity contribution in [2.75, 3.05) is 13.2 Å². The first-order valence-corrected chi connectivity index (χ1v) is 8.34. The van der Waals surface area contributed by atoms with Gasteiger partial charge in [-0.15, -0.1) is 11.3 Å². The Balaban J connectivity index is 1.61. The Morgan fingerprint density at radius 2 is 2.19 bits per heavy atom. The average molecular weight is 304 g/mol. The molecule has 3 rings (SSSR count). The van der Waals surface area contributed by atoms with Gasteiger partial charge in [0.2, 0.25) is 5.91 Å². The third-order valence-electron chi connectivity index (χ3n) is 4.07. The second-order valence-corrected chi connectivity index (χ2v) is 6.59. The number of aliphatic hydroxyl groups excluding tert-OH is 1. The molecule has 1 aliphatic carbocycles. The maximum Gasteiger partial charge on any atom is 0.223 e. The monoisotopic (exact) mass is 304 g/mol. The van der Waals surface area contributed by atoms with E-state index in [0.29, 0.717) is 25.4 Å². The maximum absolute atomic E-state index is 12.3. The highest BCUT2D eigenvalue weighted by Gasteiger charge is 2.28. The number of hydrogen-bond acceptors (Lipinski definition) is 4. The molecule has 1 aromatic heterocycles. The highest BCUT2D eigenvalue weighted by molar-refractivity contribution is 7.18. The Labute approximate surface area is 128 Å². The van der Waals surface area contributed by atoms with Gasteiger partial charge in [-0.3, -0.25) is 4.79 Å². The first-order valence-electron chi connectivity index (χ1n) is 7.52. The fourth-order valence-corrected chi connectivity index (χ4v) is 3.67. The van der Waals surface area contributed by atoms with Crippen LogP contribution < -0.4 is 0 Å². The first kappa shape index (κ1) is 14.5. The third kappa shape index (κ3) is 3.24. The van der Waals surface area contributed by atoms with E-state index in [9.17, 15) is 4.79 Å². The molecule has 0 radical (unpaired) electrons. The molecule has 1 amide bonds. The number of carbonyl (C=O) groups is 1. The molecule has 21 heavy (non-hydrogen) atoms. The highest BCUT2D eigenvalue weighted by atomic mass is 32.1. The van der Waals surface area contributed by atoms with Gasteiger partial charge in [-0.2, -0.15) is 0 Å². The van der Waals surface area contributed by atoms with E-state index in [1.54, 1.807) is 11.3 Å². The van der Waals surface area contributed by atoms with E-state index < -0.39 is 0 Å². The van der Waals surface area contributed by atoms with Crippen molar-refractivity contribution in [2.24, 2.45) is 0 Å². The van der Waals surface area contributed by atoms with Crippen molar-refractivity contribution in [1.29, 1.82) is 0 Å². The lowest BCUT2D eigenvalue weighted by atomic mass is 9.91. The lowest BCUT2D eigenvalue weighted by Crippen LogP contribution is -2.45. The number of amides is 1. The molecule has 1 aliphatic rings. The smallest absolute Gasteiger partial charge is 0.223 e. The number of thiazole rings is 1. The number of hydrogen-bond donors (Lipinski definition) is 1. The number of rotatable bonds is 6. The van der Waals surface area contributed by atoms with Crippen LogP contribution in [0.25, 0.3) is 10.2 Å². The van der Waals surface area contributed by atoms with Crippen LogP contribution in [0.5, 0.6) is 0 Å². The Kier molecular flexibility index (Phi) is 4.51. The molecule has 0 spiro atoms. The van der Waals surface area contributed by atoms with Crippen LogP contribution in [0.15, 0.2) is 24.3 Å². The summed E-state index contributed by atoms with van der Waals surface area (Å²) in [6.07, 6.45) is 4.51. The molecule has 0 saturated heterocycles. The molecule has 1 heterocycles. The van der Waals surface area contributed by atoms with Crippen LogP contribution in [0.1, 0.15) is 30.7 Å². The van der Waals surface area contributed by atoms with Crippen molar-refractivity contribution in [1.82, 2.24) is 9.88 Å². The highest BCUT2D eigenvalue weighted by Crippen LogP contribution is 2.26. The van der Waals surface area contributed by atoms with E-state index in [2.05, 4.69) is 11.1 Å². The van der Waals surface area contributed by atoms with Crippen molar-refractivity contribution in [3.8, 4) is 0 Å². The zero-order chi connectivity index (χ0) is 14.7. The number of fused-ring (bicyclic) bond motifs is 1. The molecule has 1 saturated carbocycles. The van der Waals surface area contributed by atoms with Crippen LogP contribution in [0.4, 0.5) is 0 Å². The summed E-state index contributed by atoms with van der Waals surface area (Å²) in [5, 5.41) is 10.1. The molecule has 1 N–H and O–H groups in total. The summed E-state index contributed by atoms with van der Waals surface area (Å²) in [4.78, 5) is 18.8. The minimum atomic E-state index is 0.0450. The summed E-state index contributed by atoms with van der Waals surface area (Å²) in [6.45, 7) is 0.507. The molecule has 112 valence electrons. The molecule has 1 fully saturated rings. The van der Waals surface area contributed by atoms with Crippen molar-refractivity contribution in [3.63, 3.8) is 0 Å². The van der Waals surface area contributed by atoms with Crippen LogP contribution >= 0.6 is 11.3 Å². The maximum atomic E-state index is 12.3. The topological polar surface area (TPSA) is 53.4 Å². The normalized spacial score (nSPS) is 15.1. The lowest BCUT2D eigenvalue weighted by molar-refractivity contribution is -0.135. The van der Waals surface area contributed by atoms with Crippen LogP contribution in [0.2, 0.25) is 0 Å². The van der Waals surface area contributed by atoms with Gasteiger partial charge in [-0.25, -0.2) is 4.98 Å². The van der Waals surface area contributed by atoms with Crippen molar-refractivity contribution in [2.45, 2.75) is 38.1 Å². The summed E-state index contributed by atoms with van der Waals surface area (Å²) in [5.74, 6) is 0.146. The molecule has 0 unspecified atom stereocenters. The number of aromatic nitrogens is 1. The summed E-state index contributed by atoms with van der Waals surface area (Å²) >= 11 is 1.66. The second kappa shape index (κ2) is 6.54. The van der Waals surface area contributed by atoms with Gasteiger partial charge in [-0.05, 0) is 31.4 Å². The van der Waals surface area contributed by atoms with Crippen molar-refractivity contribution >= 4 is 27.5 Å². The number of carbonyl (C=O) groups excluding carboxylic acids is 1. The average Bonchev–Trinajstić information content (AvgIpc) is 2.85. The minimum Gasteiger partial charge on any atom is -0.395 e. The molecular formula is C16H20N2O2S. The van der Waals surface area contributed by atoms with Gasteiger partial charge >= 0.3 is 0 Å². The largest absolute Gasteiger partial charge is 0.395 e. The predicted molar refractivity (Wildman–Crippen MR) is 84.4 cm³/mol. The number of nitrogens with zero attached hydrogens (tertiary/aromatic N) is 2. The first-order chi connectivity index (χ1) is 10.3.